The standard InChI is InChI=1S/C16H16F3N3O3S/c1-9(13(23)24)7-22(2)15(25)21-14-20-12(8-26-14)10-4-3-5-11(6-10)16(17,18)19/h3-6,8-9H,7H2,1-2H3,(H,23,24)(H,20,21,25). The van der Waals surface area contributed by atoms with Crippen molar-refractivity contribution < 1.29 is 27.9 Å². The van der Waals surface area contributed by atoms with Gasteiger partial charge in [0.25, 0.3) is 0 Å². The summed E-state index contributed by atoms with van der Waals surface area (Å²) in [5.74, 6) is -1.76. The van der Waals surface area contributed by atoms with Crippen molar-refractivity contribution in [2.24, 2.45) is 5.92 Å². The summed E-state index contributed by atoms with van der Waals surface area (Å²) in [7, 11) is 1.44. The molecule has 1 heterocycles. The van der Waals surface area contributed by atoms with E-state index in [4.69, 9.17) is 5.11 Å². The van der Waals surface area contributed by atoms with Crippen LogP contribution in [-0.2, 0) is 11.0 Å². The van der Waals surface area contributed by atoms with Gasteiger partial charge in [-0.1, -0.05) is 19.1 Å². The molecule has 0 bridgehead atoms. The van der Waals surface area contributed by atoms with Gasteiger partial charge in [0.05, 0.1) is 17.2 Å². The molecule has 1 atom stereocenters. The fourth-order valence-corrected chi connectivity index (χ4v) is 2.79. The van der Waals surface area contributed by atoms with Gasteiger partial charge in [0.15, 0.2) is 5.13 Å². The first-order valence-electron chi connectivity index (χ1n) is 7.46. The molecule has 1 aromatic heterocycles. The van der Waals surface area contributed by atoms with E-state index >= 15 is 0 Å². The van der Waals surface area contributed by atoms with Crippen molar-refractivity contribution >= 4 is 28.5 Å². The van der Waals surface area contributed by atoms with Gasteiger partial charge in [-0.05, 0) is 12.1 Å². The number of carbonyl (C=O) groups excluding carboxylic acids is 1. The predicted octanol–water partition coefficient (Wildman–Crippen LogP) is 4.01. The molecular weight excluding hydrogens is 371 g/mol. The van der Waals surface area contributed by atoms with Crippen LogP contribution in [0.15, 0.2) is 29.6 Å². The summed E-state index contributed by atoms with van der Waals surface area (Å²) in [5.41, 5.74) is -0.196. The Bertz CT molecular complexity index is 807. The Morgan fingerprint density at radius 1 is 1.38 bits per heavy atom. The van der Waals surface area contributed by atoms with Crippen molar-refractivity contribution in [3.05, 3.63) is 35.2 Å². The molecular formula is C16H16F3N3O3S. The third-order valence-corrected chi connectivity index (χ3v) is 4.28. The third kappa shape index (κ3) is 4.94. The Hall–Kier alpha value is -2.62. The maximum absolute atomic E-state index is 12.8. The average Bonchev–Trinajstić information content (AvgIpc) is 3.02. The quantitative estimate of drug-likeness (QED) is 0.812. The number of amides is 2. The first-order valence-corrected chi connectivity index (χ1v) is 8.34. The molecule has 0 aliphatic heterocycles. The fourth-order valence-electron chi connectivity index (χ4n) is 2.08. The number of thiazole rings is 1. The first-order chi connectivity index (χ1) is 12.1. The van der Waals surface area contributed by atoms with Gasteiger partial charge in [-0.25, -0.2) is 9.78 Å². The van der Waals surface area contributed by atoms with E-state index in [-0.39, 0.29) is 17.2 Å². The molecule has 26 heavy (non-hydrogen) atoms. The lowest BCUT2D eigenvalue weighted by Gasteiger charge is -2.19. The Balaban J connectivity index is 2.08. The smallest absolute Gasteiger partial charge is 0.416 e. The number of aromatic nitrogens is 1. The number of anilines is 1. The second kappa shape index (κ2) is 7.73. The number of hydrogen-bond acceptors (Lipinski definition) is 4. The van der Waals surface area contributed by atoms with Gasteiger partial charge in [-0.3, -0.25) is 10.1 Å². The lowest BCUT2D eigenvalue weighted by Crippen LogP contribution is -2.36. The number of carboxylic acid groups (broad SMARTS) is 1. The van der Waals surface area contributed by atoms with Crippen LogP contribution in [0.5, 0.6) is 0 Å². The van der Waals surface area contributed by atoms with Crippen molar-refractivity contribution in [3.63, 3.8) is 0 Å². The van der Waals surface area contributed by atoms with Crippen LogP contribution < -0.4 is 5.32 Å². The summed E-state index contributed by atoms with van der Waals surface area (Å²) < 4.78 is 38.4. The van der Waals surface area contributed by atoms with E-state index in [1.807, 2.05) is 0 Å². The number of hydrogen-bond donors (Lipinski definition) is 2. The van der Waals surface area contributed by atoms with Crippen molar-refractivity contribution in [3.8, 4) is 11.3 Å². The maximum Gasteiger partial charge on any atom is 0.416 e. The highest BCUT2D eigenvalue weighted by molar-refractivity contribution is 7.14. The number of carboxylic acids is 1. The molecule has 6 nitrogen and oxygen atoms in total. The molecule has 2 amide bonds. The number of alkyl halides is 3. The van der Waals surface area contributed by atoms with Gasteiger partial charge < -0.3 is 10.0 Å². The normalized spacial score (nSPS) is 12.5. The predicted molar refractivity (Wildman–Crippen MR) is 91.0 cm³/mol. The summed E-state index contributed by atoms with van der Waals surface area (Å²) >= 11 is 1.06. The highest BCUT2D eigenvalue weighted by atomic mass is 32.1. The van der Waals surface area contributed by atoms with Crippen LogP contribution in [0.3, 0.4) is 0 Å². The molecule has 0 aliphatic carbocycles. The van der Waals surface area contributed by atoms with E-state index < -0.39 is 29.7 Å². The average molecular weight is 387 g/mol. The molecule has 1 unspecified atom stereocenters. The summed E-state index contributed by atoms with van der Waals surface area (Å²) in [6.07, 6.45) is -4.45. The minimum Gasteiger partial charge on any atom is -0.481 e. The molecule has 10 heteroatoms. The number of aliphatic carboxylic acids is 1. The van der Waals surface area contributed by atoms with Crippen LogP contribution in [0, 0.1) is 5.92 Å². The van der Waals surface area contributed by atoms with Gasteiger partial charge in [-0.15, -0.1) is 11.3 Å². The Labute approximate surface area is 151 Å². The van der Waals surface area contributed by atoms with Crippen molar-refractivity contribution in [1.82, 2.24) is 9.88 Å². The number of carbonyl (C=O) groups is 2. The summed E-state index contributed by atoms with van der Waals surface area (Å²) in [6.45, 7) is 1.48. The summed E-state index contributed by atoms with van der Waals surface area (Å²) in [5, 5.41) is 13.1. The second-order valence-electron chi connectivity index (χ2n) is 5.67. The summed E-state index contributed by atoms with van der Waals surface area (Å²) in [6, 6.07) is 4.19. The zero-order valence-electron chi connectivity index (χ0n) is 13.9. The molecule has 0 radical (unpaired) electrons. The molecule has 2 N–H and O–H groups in total. The lowest BCUT2D eigenvalue weighted by molar-refractivity contribution is -0.141. The van der Waals surface area contributed by atoms with Crippen LogP contribution in [-0.4, -0.2) is 40.6 Å². The zero-order chi connectivity index (χ0) is 19.5. The molecule has 0 aliphatic rings. The largest absolute Gasteiger partial charge is 0.481 e. The lowest BCUT2D eigenvalue weighted by atomic mass is 10.1. The monoisotopic (exact) mass is 387 g/mol. The topological polar surface area (TPSA) is 82.5 Å². The van der Waals surface area contributed by atoms with Crippen LogP contribution in [0.1, 0.15) is 12.5 Å². The van der Waals surface area contributed by atoms with Crippen molar-refractivity contribution in [2.75, 3.05) is 18.9 Å². The molecule has 0 fully saturated rings. The van der Waals surface area contributed by atoms with Gasteiger partial charge >= 0.3 is 18.2 Å². The number of nitrogens with zero attached hydrogens (tertiary/aromatic N) is 2. The molecule has 2 rings (SSSR count). The number of benzene rings is 1. The molecule has 0 saturated carbocycles. The van der Waals surface area contributed by atoms with Gasteiger partial charge in [0.1, 0.15) is 0 Å². The number of nitrogens with one attached hydrogen (secondary N) is 1. The Morgan fingerprint density at radius 3 is 2.69 bits per heavy atom. The number of halogens is 3. The van der Waals surface area contributed by atoms with Crippen LogP contribution >= 0.6 is 11.3 Å². The van der Waals surface area contributed by atoms with E-state index in [0.717, 1.165) is 23.5 Å². The Kier molecular flexibility index (Phi) is 5.86. The van der Waals surface area contributed by atoms with E-state index in [9.17, 15) is 22.8 Å². The minimum atomic E-state index is -4.45. The highest BCUT2D eigenvalue weighted by Gasteiger charge is 2.30. The SMILES string of the molecule is CC(CN(C)C(=O)Nc1nc(-c2cccc(C(F)(F)F)c2)cs1)C(=O)O. The van der Waals surface area contributed by atoms with E-state index in [2.05, 4.69) is 10.3 Å². The molecule has 0 spiro atoms. The molecule has 1 aromatic carbocycles. The van der Waals surface area contributed by atoms with E-state index in [1.165, 1.54) is 36.4 Å². The van der Waals surface area contributed by atoms with Crippen LogP contribution in [0.4, 0.5) is 23.1 Å². The summed E-state index contributed by atoms with van der Waals surface area (Å²) in [4.78, 5) is 28.2. The first kappa shape index (κ1) is 19.7. The van der Waals surface area contributed by atoms with Gasteiger partial charge in [0, 0.05) is 24.5 Å². The molecule has 140 valence electrons. The van der Waals surface area contributed by atoms with Gasteiger partial charge in [-0.2, -0.15) is 13.2 Å². The second-order valence-corrected chi connectivity index (χ2v) is 6.52. The van der Waals surface area contributed by atoms with Crippen molar-refractivity contribution in [1.29, 1.82) is 0 Å². The zero-order valence-corrected chi connectivity index (χ0v) is 14.7. The number of rotatable bonds is 5. The highest BCUT2D eigenvalue weighted by Crippen LogP contribution is 2.33. The fraction of sp³-hybridized carbons (Fsp3) is 0.312. The van der Waals surface area contributed by atoms with Crippen LogP contribution in [0.2, 0.25) is 0 Å². The van der Waals surface area contributed by atoms with Gasteiger partial charge in [0.2, 0.25) is 0 Å². The minimum absolute atomic E-state index is 0.00697. The Morgan fingerprint density at radius 2 is 2.08 bits per heavy atom. The van der Waals surface area contributed by atoms with E-state index in [0.29, 0.717) is 5.69 Å². The molecule has 0 saturated heterocycles. The van der Waals surface area contributed by atoms with Crippen LogP contribution in [0.25, 0.3) is 11.3 Å². The van der Waals surface area contributed by atoms with Crippen molar-refractivity contribution in [2.45, 2.75) is 13.1 Å². The molecule has 2 aromatic rings. The third-order valence-electron chi connectivity index (χ3n) is 3.52. The number of urea groups is 1. The maximum atomic E-state index is 12.8. The van der Waals surface area contributed by atoms with E-state index in [1.54, 1.807) is 0 Å².